The first-order chi connectivity index (χ1) is 19.3. The highest BCUT2D eigenvalue weighted by atomic mass is 32.2. The molecule has 0 spiro atoms. The number of aliphatic imine (C=N–C) groups is 1. The van der Waals surface area contributed by atoms with Crippen molar-refractivity contribution >= 4 is 39.8 Å². The van der Waals surface area contributed by atoms with E-state index in [1.54, 1.807) is 17.8 Å². The number of alkyl halides is 6. The summed E-state index contributed by atoms with van der Waals surface area (Å²) < 4.78 is 81.2. The number of fused-ring (bicyclic) bond motifs is 1. The van der Waals surface area contributed by atoms with Crippen molar-refractivity contribution in [3.63, 3.8) is 0 Å². The standard InChI is InChI=1S/C27H26F6N6OS/c1-37(20-6-7-38(14-20)15-24(34)40)25-35-12-21(41-25)9-16-2-5-23-18(8-16)11-36-39(23)13-17-3-4-19(26(28,29)30)10-22(17)27(31,32)33/h2-5,8-11,20H,6-7,12-15H2,1H3,(H2,34,40). The van der Waals surface area contributed by atoms with E-state index < -0.39 is 23.5 Å². The minimum Gasteiger partial charge on any atom is -0.369 e. The summed E-state index contributed by atoms with van der Waals surface area (Å²) in [7, 11) is 1.98. The average Bonchev–Trinajstić information content (AvgIpc) is 3.63. The molecule has 1 atom stereocenters. The fourth-order valence-electron chi connectivity index (χ4n) is 5.06. The molecule has 1 unspecified atom stereocenters. The number of nitrogens with zero attached hydrogens (tertiary/aromatic N) is 5. The number of carbonyl (C=O) groups is 1. The van der Waals surface area contributed by atoms with E-state index in [2.05, 4.69) is 15.0 Å². The van der Waals surface area contributed by atoms with Crippen LogP contribution in [0.3, 0.4) is 0 Å². The molecule has 3 heterocycles. The van der Waals surface area contributed by atoms with Gasteiger partial charge in [-0.25, -0.2) is 0 Å². The van der Waals surface area contributed by atoms with Gasteiger partial charge in [0.05, 0.1) is 42.5 Å². The lowest BCUT2D eigenvalue weighted by Gasteiger charge is -2.25. The fraction of sp³-hybridized carbons (Fsp3) is 0.370. The summed E-state index contributed by atoms with van der Waals surface area (Å²) in [6, 6.07) is 7.26. The van der Waals surface area contributed by atoms with Gasteiger partial charge >= 0.3 is 12.4 Å². The molecule has 0 bridgehead atoms. The maximum absolute atomic E-state index is 13.6. The Labute approximate surface area is 235 Å². The number of halogens is 6. The highest BCUT2D eigenvalue weighted by molar-refractivity contribution is 8.17. The summed E-state index contributed by atoms with van der Waals surface area (Å²) in [6.45, 7) is 1.93. The van der Waals surface area contributed by atoms with Crippen molar-refractivity contribution < 1.29 is 31.1 Å². The third-order valence-electron chi connectivity index (χ3n) is 7.13. The van der Waals surface area contributed by atoms with Crippen molar-refractivity contribution in [2.75, 3.05) is 33.2 Å². The molecule has 1 saturated heterocycles. The van der Waals surface area contributed by atoms with Crippen LogP contribution in [-0.4, -0.2) is 69.9 Å². The molecule has 218 valence electrons. The average molecular weight is 597 g/mol. The third-order valence-corrected chi connectivity index (χ3v) is 8.23. The Balaban J connectivity index is 1.29. The largest absolute Gasteiger partial charge is 0.416 e. The van der Waals surface area contributed by atoms with Crippen molar-refractivity contribution in [1.82, 2.24) is 19.6 Å². The molecule has 7 nitrogen and oxygen atoms in total. The second-order valence-electron chi connectivity index (χ2n) is 10.1. The van der Waals surface area contributed by atoms with E-state index in [0.29, 0.717) is 23.5 Å². The van der Waals surface area contributed by atoms with Gasteiger partial charge in [0, 0.05) is 36.5 Å². The number of hydrogen-bond donors (Lipinski definition) is 1. The zero-order valence-electron chi connectivity index (χ0n) is 21.8. The Hall–Kier alpha value is -3.52. The lowest BCUT2D eigenvalue weighted by atomic mass is 10.0. The molecule has 5 rings (SSSR count). The molecule has 0 aliphatic carbocycles. The molecule has 3 aromatic rings. The molecule has 2 aliphatic rings. The minimum atomic E-state index is -4.95. The summed E-state index contributed by atoms with van der Waals surface area (Å²) in [5.74, 6) is -0.348. The van der Waals surface area contributed by atoms with Gasteiger partial charge in [-0.15, -0.1) is 0 Å². The van der Waals surface area contributed by atoms with Gasteiger partial charge in [0.25, 0.3) is 0 Å². The normalized spacial score (nSPS) is 19.3. The molecule has 2 aliphatic heterocycles. The van der Waals surface area contributed by atoms with Crippen LogP contribution < -0.4 is 5.73 Å². The maximum atomic E-state index is 13.6. The second kappa shape index (κ2) is 11.0. The first kappa shape index (κ1) is 29.0. The zero-order chi connectivity index (χ0) is 29.5. The Bertz CT molecular complexity index is 1530. The molecule has 0 saturated carbocycles. The Morgan fingerprint density at radius 2 is 1.93 bits per heavy atom. The topological polar surface area (TPSA) is 79.8 Å². The first-order valence-electron chi connectivity index (χ1n) is 12.7. The van der Waals surface area contributed by atoms with Gasteiger partial charge in [0.15, 0.2) is 5.17 Å². The van der Waals surface area contributed by atoms with Crippen LogP contribution in [0.1, 0.15) is 28.7 Å². The minimum absolute atomic E-state index is 0.141. The van der Waals surface area contributed by atoms with Crippen LogP contribution in [0.15, 0.2) is 52.5 Å². The molecule has 14 heteroatoms. The smallest absolute Gasteiger partial charge is 0.369 e. The third kappa shape index (κ3) is 6.53. The van der Waals surface area contributed by atoms with Crippen LogP contribution in [0, 0.1) is 0 Å². The fourth-order valence-corrected chi connectivity index (χ4v) is 6.04. The number of aromatic nitrogens is 2. The van der Waals surface area contributed by atoms with E-state index in [4.69, 9.17) is 5.73 Å². The van der Waals surface area contributed by atoms with Crippen LogP contribution in [0.25, 0.3) is 17.0 Å². The number of likely N-dealkylation sites (tertiary alicyclic amines) is 1. The Morgan fingerprint density at radius 1 is 1.15 bits per heavy atom. The summed E-state index contributed by atoms with van der Waals surface area (Å²) in [5, 5.41) is 5.76. The Kier molecular flexibility index (Phi) is 7.81. The van der Waals surface area contributed by atoms with E-state index in [-0.39, 0.29) is 36.7 Å². The number of carbonyl (C=O) groups excluding carboxylic acids is 1. The molecular formula is C27H26F6N6OS. The molecule has 2 N–H and O–H groups in total. The number of likely N-dealkylation sites (N-methyl/N-ethyl adjacent to an activating group) is 1. The number of nitrogens with two attached hydrogens (primary N) is 1. The summed E-state index contributed by atoms with van der Waals surface area (Å²) in [5.41, 5.74) is 3.72. The number of thioether (sulfide) groups is 1. The number of amides is 1. The van der Waals surface area contributed by atoms with Crippen LogP contribution >= 0.6 is 11.8 Å². The highest BCUT2D eigenvalue weighted by Crippen LogP contribution is 2.38. The predicted molar refractivity (Wildman–Crippen MR) is 145 cm³/mol. The van der Waals surface area contributed by atoms with Crippen LogP contribution in [0.2, 0.25) is 0 Å². The van der Waals surface area contributed by atoms with Crippen molar-refractivity contribution in [2.45, 2.75) is 31.4 Å². The van der Waals surface area contributed by atoms with E-state index in [1.165, 1.54) is 10.9 Å². The molecule has 1 amide bonds. The van der Waals surface area contributed by atoms with Gasteiger partial charge in [0.1, 0.15) is 0 Å². The van der Waals surface area contributed by atoms with Crippen LogP contribution in [0.5, 0.6) is 0 Å². The molecule has 2 aromatic carbocycles. The molecule has 1 aromatic heterocycles. The Morgan fingerprint density at radius 3 is 2.63 bits per heavy atom. The van der Waals surface area contributed by atoms with E-state index in [1.807, 2.05) is 30.2 Å². The lowest BCUT2D eigenvalue weighted by molar-refractivity contribution is -0.143. The van der Waals surface area contributed by atoms with E-state index >= 15 is 0 Å². The van der Waals surface area contributed by atoms with Crippen molar-refractivity contribution in [3.8, 4) is 0 Å². The van der Waals surface area contributed by atoms with Gasteiger partial charge in [-0.3, -0.25) is 19.4 Å². The molecule has 0 radical (unpaired) electrons. The number of benzene rings is 2. The number of primary amides is 1. The van der Waals surface area contributed by atoms with Crippen LogP contribution in [0.4, 0.5) is 26.3 Å². The van der Waals surface area contributed by atoms with Gasteiger partial charge in [0.2, 0.25) is 5.91 Å². The quantitative estimate of drug-likeness (QED) is 0.403. The number of rotatable bonds is 6. The summed E-state index contributed by atoms with van der Waals surface area (Å²) in [4.78, 5) is 21.0. The lowest BCUT2D eigenvalue weighted by Crippen LogP contribution is -2.39. The van der Waals surface area contributed by atoms with Gasteiger partial charge in [-0.05, 0) is 47.9 Å². The second-order valence-corrected chi connectivity index (χ2v) is 11.1. The van der Waals surface area contributed by atoms with Crippen molar-refractivity contribution in [2.24, 2.45) is 10.7 Å². The van der Waals surface area contributed by atoms with Crippen molar-refractivity contribution in [1.29, 1.82) is 0 Å². The van der Waals surface area contributed by atoms with Gasteiger partial charge in [-0.2, -0.15) is 31.4 Å². The predicted octanol–water partition coefficient (Wildman–Crippen LogP) is 5.06. The summed E-state index contributed by atoms with van der Waals surface area (Å²) in [6.07, 6.45) is -5.43. The zero-order valence-corrected chi connectivity index (χ0v) is 22.7. The van der Waals surface area contributed by atoms with Gasteiger partial charge < -0.3 is 10.6 Å². The molecule has 1 fully saturated rings. The highest BCUT2D eigenvalue weighted by Gasteiger charge is 2.38. The van der Waals surface area contributed by atoms with E-state index in [0.717, 1.165) is 41.2 Å². The number of hydrogen-bond acceptors (Lipinski definition) is 6. The summed E-state index contributed by atoms with van der Waals surface area (Å²) >= 11 is 1.55. The maximum Gasteiger partial charge on any atom is 0.416 e. The van der Waals surface area contributed by atoms with Gasteiger partial charge in [-0.1, -0.05) is 23.9 Å². The van der Waals surface area contributed by atoms with Crippen LogP contribution in [-0.2, 0) is 23.7 Å². The molecule has 41 heavy (non-hydrogen) atoms. The molecular weight excluding hydrogens is 570 g/mol. The van der Waals surface area contributed by atoms with Crippen molar-refractivity contribution in [3.05, 3.63) is 69.8 Å². The SMILES string of the molecule is CN(C1=NCC(=Cc2ccc3c(cnn3Cc3ccc(C(F)(F)F)cc3C(F)(F)F)c2)S1)C1CCN(CC(N)=O)C1. The van der Waals surface area contributed by atoms with E-state index in [9.17, 15) is 31.1 Å². The number of amidine groups is 1. The monoisotopic (exact) mass is 596 g/mol. The first-order valence-corrected chi connectivity index (χ1v) is 13.5.